The minimum absolute atomic E-state index is 0. The molecule has 0 saturated heterocycles. The van der Waals surface area contributed by atoms with E-state index in [2.05, 4.69) is 21.2 Å². The molecule has 0 fully saturated rings. The van der Waals surface area contributed by atoms with Crippen molar-refractivity contribution in [2.45, 2.75) is 12.7 Å². The Hall–Kier alpha value is -1.20. The Balaban J connectivity index is 0.00000200. The summed E-state index contributed by atoms with van der Waals surface area (Å²) in [6.45, 7) is 0.486. The zero-order valence-electron chi connectivity index (χ0n) is 10.2. The first-order valence-electron chi connectivity index (χ1n) is 5.61. The Bertz CT molecular complexity index is 538. The lowest BCUT2D eigenvalue weighted by Gasteiger charge is -2.09. The van der Waals surface area contributed by atoms with Crippen molar-refractivity contribution in [3.05, 3.63) is 64.1 Å². The van der Waals surface area contributed by atoms with Gasteiger partial charge in [0.2, 0.25) is 0 Å². The van der Waals surface area contributed by atoms with Crippen LogP contribution in [0.15, 0.2) is 53.0 Å². The summed E-state index contributed by atoms with van der Waals surface area (Å²) in [6, 6.07) is 12.7. The van der Waals surface area contributed by atoms with Crippen LogP contribution in [-0.4, -0.2) is 0 Å². The van der Waals surface area contributed by atoms with Gasteiger partial charge in [-0.15, -0.1) is 12.4 Å². The lowest BCUT2D eigenvalue weighted by molar-refractivity contribution is -0.137. The second kappa shape index (κ2) is 6.99. The number of hydrogen-bond acceptors (Lipinski definition) is 1. The third-order valence-electron chi connectivity index (χ3n) is 2.62. The molecule has 0 aliphatic rings. The molecule has 0 aromatic heterocycles. The van der Waals surface area contributed by atoms with Gasteiger partial charge in [-0.1, -0.05) is 28.1 Å². The summed E-state index contributed by atoms with van der Waals surface area (Å²) in [5, 5.41) is 3.14. The maximum Gasteiger partial charge on any atom is 0.416 e. The van der Waals surface area contributed by atoms with Crippen molar-refractivity contribution in [1.29, 1.82) is 0 Å². The van der Waals surface area contributed by atoms with Gasteiger partial charge < -0.3 is 5.32 Å². The van der Waals surface area contributed by atoms with E-state index in [0.717, 1.165) is 27.9 Å². The monoisotopic (exact) mass is 365 g/mol. The molecule has 0 amide bonds. The standard InChI is InChI=1S/C14H11BrF3N.ClH/c15-12-5-7-13(8-6-12)19-9-10-1-3-11(4-2-10)14(16,17)18;/h1-8,19H,9H2;1H. The van der Waals surface area contributed by atoms with E-state index < -0.39 is 11.7 Å². The molecule has 0 heterocycles. The molecule has 20 heavy (non-hydrogen) atoms. The number of alkyl halides is 3. The van der Waals surface area contributed by atoms with E-state index in [1.807, 2.05) is 24.3 Å². The van der Waals surface area contributed by atoms with Crippen molar-refractivity contribution in [3.8, 4) is 0 Å². The van der Waals surface area contributed by atoms with Gasteiger partial charge >= 0.3 is 6.18 Å². The summed E-state index contributed by atoms with van der Waals surface area (Å²) in [5.41, 5.74) is 1.10. The summed E-state index contributed by atoms with van der Waals surface area (Å²) < 4.78 is 38.1. The molecule has 0 radical (unpaired) electrons. The maximum atomic E-state index is 12.4. The van der Waals surface area contributed by atoms with Crippen molar-refractivity contribution in [1.82, 2.24) is 0 Å². The van der Waals surface area contributed by atoms with E-state index in [1.165, 1.54) is 12.1 Å². The number of benzene rings is 2. The van der Waals surface area contributed by atoms with Gasteiger partial charge in [0, 0.05) is 16.7 Å². The highest BCUT2D eigenvalue weighted by Gasteiger charge is 2.29. The van der Waals surface area contributed by atoms with Crippen LogP contribution in [-0.2, 0) is 12.7 Å². The number of rotatable bonds is 3. The largest absolute Gasteiger partial charge is 0.416 e. The number of nitrogens with one attached hydrogen (secondary N) is 1. The van der Waals surface area contributed by atoms with E-state index >= 15 is 0 Å². The van der Waals surface area contributed by atoms with Gasteiger partial charge in [0.15, 0.2) is 0 Å². The molecule has 0 saturated carbocycles. The SMILES string of the molecule is Cl.FC(F)(F)c1ccc(CNc2ccc(Br)cc2)cc1. The van der Waals surface area contributed by atoms with Crippen LogP contribution in [0.3, 0.4) is 0 Å². The van der Waals surface area contributed by atoms with Crippen molar-refractivity contribution in [2.24, 2.45) is 0 Å². The van der Waals surface area contributed by atoms with E-state index in [9.17, 15) is 13.2 Å². The normalized spacial score (nSPS) is 10.8. The van der Waals surface area contributed by atoms with Crippen LogP contribution in [0.2, 0.25) is 0 Å². The second-order valence-electron chi connectivity index (χ2n) is 4.06. The van der Waals surface area contributed by atoms with Gasteiger partial charge in [0.25, 0.3) is 0 Å². The quantitative estimate of drug-likeness (QED) is 0.756. The van der Waals surface area contributed by atoms with Crippen LogP contribution in [0.5, 0.6) is 0 Å². The van der Waals surface area contributed by atoms with Gasteiger partial charge in [-0.25, -0.2) is 0 Å². The molecule has 0 atom stereocenters. The van der Waals surface area contributed by atoms with Crippen LogP contribution in [0.4, 0.5) is 18.9 Å². The minimum atomic E-state index is -4.28. The number of anilines is 1. The maximum absolute atomic E-state index is 12.4. The highest BCUT2D eigenvalue weighted by molar-refractivity contribution is 9.10. The molecule has 0 aliphatic heterocycles. The Kier molecular flexibility index (Phi) is 5.89. The third-order valence-corrected chi connectivity index (χ3v) is 3.15. The molecule has 0 unspecified atom stereocenters. The summed E-state index contributed by atoms with van der Waals surface area (Å²) in [7, 11) is 0. The number of hydrogen-bond donors (Lipinski definition) is 1. The van der Waals surface area contributed by atoms with Crippen LogP contribution in [0.25, 0.3) is 0 Å². The molecular weight excluding hydrogens is 355 g/mol. The molecule has 2 aromatic rings. The first-order chi connectivity index (χ1) is 8.95. The smallest absolute Gasteiger partial charge is 0.381 e. The third kappa shape index (κ3) is 4.72. The van der Waals surface area contributed by atoms with Gasteiger partial charge in [0.1, 0.15) is 0 Å². The van der Waals surface area contributed by atoms with E-state index in [4.69, 9.17) is 0 Å². The van der Waals surface area contributed by atoms with Crippen molar-refractivity contribution < 1.29 is 13.2 Å². The fourth-order valence-corrected chi connectivity index (χ4v) is 1.85. The molecule has 2 rings (SSSR count). The summed E-state index contributed by atoms with van der Waals surface area (Å²) in [5.74, 6) is 0. The highest BCUT2D eigenvalue weighted by Crippen LogP contribution is 2.29. The van der Waals surface area contributed by atoms with Crippen LogP contribution < -0.4 is 5.32 Å². The molecule has 0 spiro atoms. The molecule has 2 aromatic carbocycles. The Morgan fingerprint density at radius 2 is 1.45 bits per heavy atom. The predicted octanol–water partition coefficient (Wildman–Crippen LogP) is 5.50. The zero-order valence-corrected chi connectivity index (χ0v) is 12.6. The highest BCUT2D eigenvalue weighted by atomic mass is 79.9. The van der Waals surface area contributed by atoms with Crippen LogP contribution in [0.1, 0.15) is 11.1 Å². The van der Waals surface area contributed by atoms with Gasteiger partial charge in [-0.2, -0.15) is 13.2 Å². The second-order valence-corrected chi connectivity index (χ2v) is 4.97. The Morgan fingerprint density at radius 1 is 0.900 bits per heavy atom. The molecule has 1 nitrogen and oxygen atoms in total. The first-order valence-corrected chi connectivity index (χ1v) is 6.40. The lowest BCUT2D eigenvalue weighted by Crippen LogP contribution is -2.05. The zero-order chi connectivity index (χ0) is 13.9. The Labute approximate surface area is 129 Å². The molecular formula is C14H12BrClF3N. The lowest BCUT2D eigenvalue weighted by atomic mass is 10.1. The first kappa shape index (κ1) is 16.9. The van der Waals surface area contributed by atoms with Gasteiger partial charge in [0.05, 0.1) is 5.56 Å². The predicted molar refractivity (Wildman–Crippen MR) is 80.2 cm³/mol. The molecule has 108 valence electrons. The van der Waals surface area contributed by atoms with Crippen molar-refractivity contribution in [2.75, 3.05) is 5.32 Å². The molecule has 1 N–H and O–H groups in total. The van der Waals surface area contributed by atoms with E-state index in [0.29, 0.717) is 6.54 Å². The summed E-state index contributed by atoms with van der Waals surface area (Å²) >= 11 is 3.33. The van der Waals surface area contributed by atoms with Gasteiger partial charge in [-0.3, -0.25) is 0 Å². The summed E-state index contributed by atoms with van der Waals surface area (Å²) in [6.07, 6.45) is -4.28. The van der Waals surface area contributed by atoms with Crippen molar-refractivity contribution in [3.63, 3.8) is 0 Å². The van der Waals surface area contributed by atoms with Crippen LogP contribution in [0, 0.1) is 0 Å². The average molecular weight is 367 g/mol. The van der Waals surface area contributed by atoms with Crippen molar-refractivity contribution >= 4 is 34.0 Å². The van der Waals surface area contributed by atoms with E-state index in [1.54, 1.807) is 0 Å². The molecule has 0 aliphatic carbocycles. The fraction of sp³-hybridized carbons (Fsp3) is 0.143. The average Bonchev–Trinajstić information content (AvgIpc) is 2.37. The number of halogens is 5. The fourth-order valence-electron chi connectivity index (χ4n) is 1.58. The minimum Gasteiger partial charge on any atom is -0.381 e. The van der Waals surface area contributed by atoms with Gasteiger partial charge in [-0.05, 0) is 42.0 Å². The topological polar surface area (TPSA) is 12.0 Å². The Morgan fingerprint density at radius 3 is 1.95 bits per heavy atom. The summed E-state index contributed by atoms with van der Waals surface area (Å²) in [4.78, 5) is 0. The van der Waals surface area contributed by atoms with Crippen LogP contribution >= 0.6 is 28.3 Å². The van der Waals surface area contributed by atoms with E-state index in [-0.39, 0.29) is 12.4 Å². The molecule has 0 bridgehead atoms. The molecule has 6 heteroatoms.